The second kappa shape index (κ2) is 10.8. The van der Waals surface area contributed by atoms with E-state index in [1.54, 1.807) is 13.8 Å². The molecule has 2 saturated heterocycles. The van der Waals surface area contributed by atoms with Gasteiger partial charge in [0.25, 0.3) is 11.1 Å². The minimum absolute atomic E-state index is 0.248. The van der Waals surface area contributed by atoms with E-state index in [0.717, 1.165) is 9.13 Å². The zero-order chi connectivity index (χ0) is 27.0. The van der Waals surface area contributed by atoms with E-state index in [9.17, 15) is 39.6 Å². The maximum atomic E-state index is 12.6. The molecular formula is C22H30N4O11. The number of aryl methyl sites for hydroxylation is 2. The van der Waals surface area contributed by atoms with E-state index < -0.39 is 84.8 Å². The van der Waals surface area contributed by atoms with E-state index in [2.05, 4.69) is 9.97 Å². The van der Waals surface area contributed by atoms with Gasteiger partial charge in [0.1, 0.15) is 36.6 Å². The van der Waals surface area contributed by atoms with Gasteiger partial charge < -0.3 is 34.6 Å². The Morgan fingerprint density at radius 3 is 1.49 bits per heavy atom. The lowest BCUT2D eigenvalue weighted by molar-refractivity contribution is -0.148. The maximum absolute atomic E-state index is 12.6. The maximum Gasteiger partial charge on any atom is 0.330 e. The Morgan fingerprint density at radius 1 is 0.784 bits per heavy atom. The zero-order valence-corrected chi connectivity index (χ0v) is 20.1. The van der Waals surface area contributed by atoms with Crippen molar-refractivity contribution in [3.05, 3.63) is 65.2 Å². The highest BCUT2D eigenvalue weighted by Crippen LogP contribution is 2.37. The van der Waals surface area contributed by atoms with Crippen LogP contribution in [0.1, 0.15) is 37.4 Å². The second-order valence-electron chi connectivity index (χ2n) is 8.89. The molecule has 2 fully saturated rings. The molecule has 8 atom stereocenters. The fourth-order valence-corrected chi connectivity index (χ4v) is 4.60. The summed E-state index contributed by atoms with van der Waals surface area (Å²) in [6, 6.07) is 0. The lowest BCUT2D eigenvalue weighted by atomic mass is 10.1. The van der Waals surface area contributed by atoms with Crippen LogP contribution in [0.4, 0.5) is 0 Å². The predicted molar refractivity (Wildman–Crippen MR) is 124 cm³/mol. The lowest BCUT2D eigenvalue weighted by Crippen LogP contribution is -2.47. The van der Waals surface area contributed by atoms with Crippen molar-refractivity contribution >= 4 is 0 Å². The van der Waals surface area contributed by atoms with E-state index in [4.69, 9.17) is 14.2 Å². The lowest BCUT2D eigenvalue weighted by Gasteiger charge is -2.29. The van der Waals surface area contributed by atoms with Crippen LogP contribution in [0.25, 0.3) is 0 Å². The van der Waals surface area contributed by atoms with Gasteiger partial charge in [0, 0.05) is 23.5 Å². The van der Waals surface area contributed by atoms with Gasteiger partial charge in [-0.3, -0.25) is 28.7 Å². The molecule has 2 aliphatic heterocycles. The number of nitrogens with zero attached hydrogens (tertiary/aromatic N) is 2. The van der Waals surface area contributed by atoms with Gasteiger partial charge >= 0.3 is 11.4 Å². The molecule has 2 aromatic rings. The van der Waals surface area contributed by atoms with Gasteiger partial charge in [-0.15, -0.1) is 0 Å². The van der Waals surface area contributed by atoms with Crippen LogP contribution in [0.15, 0.2) is 31.6 Å². The minimum Gasteiger partial charge on any atom is -0.394 e. The van der Waals surface area contributed by atoms with E-state index in [-0.39, 0.29) is 24.0 Å². The molecule has 15 heteroatoms. The monoisotopic (exact) mass is 526 g/mol. The zero-order valence-electron chi connectivity index (χ0n) is 20.1. The molecule has 4 heterocycles. The number of aliphatic hydroxyl groups is 4. The molecule has 37 heavy (non-hydrogen) atoms. The molecule has 0 aliphatic carbocycles. The quantitative estimate of drug-likeness (QED) is 0.198. The molecule has 6 N–H and O–H groups in total. The molecule has 8 unspecified atom stereocenters. The molecule has 0 radical (unpaired) electrons. The van der Waals surface area contributed by atoms with Gasteiger partial charge in [-0.2, -0.15) is 0 Å². The van der Waals surface area contributed by atoms with E-state index >= 15 is 0 Å². The van der Waals surface area contributed by atoms with Crippen molar-refractivity contribution in [2.75, 3.05) is 13.2 Å². The third-order valence-electron chi connectivity index (χ3n) is 6.69. The molecule has 204 valence electrons. The van der Waals surface area contributed by atoms with Crippen molar-refractivity contribution in [1.82, 2.24) is 19.1 Å². The number of aromatic amines is 2. The Morgan fingerprint density at radius 2 is 1.16 bits per heavy atom. The number of ether oxygens (including phenoxy) is 3. The molecule has 2 aliphatic rings. The van der Waals surface area contributed by atoms with Gasteiger partial charge in [-0.1, -0.05) is 13.8 Å². The highest BCUT2D eigenvalue weighted by molar-refractivity contribution is 5.08. The van der Waals surface area contributed by atoms with Crippen molar-refractivity contribution in [3.63, 3.8) is 0 Å². The summed E-state index contributed by atoms with van der Waals surface area (Å²) in [6.07, 6.45) is -7.78. The van der Waals surface area contributed by atoms with Crippen LogP contribution in [-0.2, 0) is 27.1 Å². The Bertz CT molecular complexity index is 1250. The molecule has 0 spiro atoms. The average Bonchev–Trinajstić information content (AvgIpc) is 3.35. The number of rotatable bonds is 8. The van der Waals surface area contributed by atoms with Crippen LogP contribution in [-0.4, -0.2) is 89.4 Å². The molecule has 0 amide bonds. The van der Waals surface area contributed by atoms with Crippen molar-refractivity contribution in [3.8, 4) is 0 Å². The van der Waals surface area contributed by atoms with Crippen LogP contribution in [0.3, 0.4) is 0 Å². The molecular weight excluding hydrogens is 496 g/mol. The molecule has 2 aromatic heterocycles. The van der Waals surface area contributed by atoms with E-state index in [1.165, 1.54) is 12.4 Å². The van der Waals surface area contributed by atoms with Gasteiger partial charge in [0.2, 0.25) is 0 Å². The van der Waals surface area contributed by atoms with Crippen LogP contribution in [0.2, 0.25) is 0 Å². The average molecular weight is 526 g/mol. The first-order valence-corrected chi connectivity index (χ1v) is 11.9. The standard InChI is InChI=1S/C22H30N4O11/c1-3-9-5-25(21(33)23-17(9)31)19-15(13(29)11(7-27)35-19)37-16-14(30)12(8-28)36-20(16)26-6-10(4-2)18(32)24-22(26)34/h5-6,11-16,19-20,27-30H,3-4,7-8H2,1-2H3,(H,23,31,33)(H,24,32,34). The second-order valence-corrected chi connectivity index (χ2v) is 8.89. The summed E-state index contributed by atoms with van der Waals surface area (Å²) < 4.78 is 19.4. The van der Waals surface area contributed by atoms with Crippen molar-refractivity contribution in [2.24, 2.45) is 0 Å². The van der Waals surface area contributed by atoms with Gasteiger partial charge in [0.05, 0.1) is 13.2 Å². The third-order valence-corrected chi connectivity index (χ3v) is 6.69. The van der Waals surface area contributed by atoms with E-state index in [1.807, 2.05) is 0 Å². The topological polar surface area (TPSA) is 218 Å². The van der Waals surface area contributed by atoms with Gasteiger partial charge in [0.15, 0.2) is 12.5 Å². The Kier molecular flexibility index (Phi) is 7.94. The highest BCUT2D eigenvalue weighted by atomic mass is 16.6. The number of aromatic nitrogens is 4. The normalized spacial score (nSPS) is 31.7. The molecule has 15 nitrogen and oxygen atoms in total. The van der Waals surface area contributed by atoms with E-state index in [0.29, 0.717) is 0 Å². The van der Waals surface area contributed by atoms with Crippen molar-refractivity contribution < 1.29 is 34.6 Å². The summed E-state index contributed by atoms with van der Waals surface area (Å²) in [6.45, 7) is 2.13. The van der Waals surface area contributed by atoms with Gasteiger partial charge in [-0.05, 0) is 12.8 Å². The minimum atomic E-state index is -1.50. The first-order valence-electron chi connectivity index (χ1n) is 11.9. The molecule has 0 aromatic carbocycles. The number of hydrogen-bond acceptors (Lipinski definition) is 11. The smallest absolute Gasteiger partial charge is 0.330 e. The Labute approximate surface area is 208 Å². The largest absolute Gasteiger partial charge is 0.394 e. The predicted octanol–water partition coefficient (Wildman–Crippen LogP) is -3.53. The fourth-order valence-electron chi connectivity index (χ4n) is 4.60. The molecule has 0 saturated carbocycles. The summed E-state index contributed by atoms with van der Waals surface area (Å²) in [7, 11) is 0. The first-order chi connectivity index (χ1) is 17.6. The van der Waals surface area contributed by atoms with Gasteiger partial charge in [-0.25, -0.2) is 9.59 Å². The summed E-state index contributed by atoms with van der Waals surface area (Å²) in [5.41, 5.74) is -2.40. The number of aliphatic hydroxyl groups excluding tert-OH is 4. The number of nitrogens with one attached hydrogen (secondary N) is 2. The third kappa shape index (κ3) is 4.86. The van der Waals surface area contributed by atoms with Crippen LogP contribution >= 0.6 is 0 Å². The SMILES string of the molecule is CCc1cn(C2OC(CO)C(O)C2OC2C(O)C(CO)OC2n2cc(CC)c(=O)[nH]c2=O)c(=O)[nH]c1=O. The first kappa shape index (κ1) is 27.1. The summed E-state index contributed by atoms with van der Waals surface area (Å²) in [4.78, 5) is 53.7. The number of H-pyrrole nitrogens is 2. The van der Waals surface area contributed by atoms with Crippen molar-refractivity contribution in [2.45, 2.75) is 75.8 Å². The van der Waals surface area contributed by atoms with Crippen LogP contribution < -0.4 is 22.5 Å². The molecule has 4 rings (SSSR count). The fraction of sp³-hybridized carbons (Fsp3) is 0.636. The number of hydrogen-bond donors (Lipinski definition) is 6. The Hall–Kier alpha value is -2.92. The van der Waals surface area contributed by atoms with Crippen molar-refractivity contribution in [1.29, 1.82) is 0 Å². The van der Waals surface area contributed by atoms with Crippen LogP contribution in [0.5, 0.6) is 0 Å². The summed E-state index contributed by atoms with van der Waals surface area (Å²) >= 11 is 0. The molecule has 0 bridgehead atoms. The highest BCUT2D eigenvalue weighted by Gasteiger charge is 2.52. The summed E-state index contributed by atoms with van der Waals surface area (Å²) in [5.74, 6) is 0. The van der Waals surface area contributed by atoms with Crippen LogP contribution in [0, 0.1) is 0 Å². The Balaban J connectivity index is 1.76. The summed E-state index contributed by atoms with van der Waals surface area (Å²) in [5, 5.41) is 41.1.